The zero-order valence-corrected chi connectivity index (χ0v) is 41.4. The molecule has 0 aliphatic heterocycles. The molecule has 0 radical (unpaired) electrons. The standard InChI is InChI=1S/2C20H16N3O2S.2CHCl3.Zn/c2*1-14-10-12-15(13-11-14)26(24,25)23-17-7-3-2-6-16(17)20-21-18-8-4-5-9-19(18)22-20;2*2-1(3)4;/h2*2-13H,1H3,(H,21,22);2*1H;/q2*-1;;;+2. The van der Waals surface area contributed by atoms with E-state index in [9.17, 15) is 16.8 Å². The largest absolute Gasteiger partial charge is 2.00 e. The van der Waals surface area contributed by atoms with Crippen molar-refractivity contribution in [2.24, 2.45) is 0 Å². The van der Waals surface area contributed by atoms with E-state index in [1.807, 2.05) is 74.5 Å². The molecule has 312 valence electrons. The monoisotopic (exact) mass is 1020 g/mol. The number of benzene rings is 6. The Morgan fingerprint density at radius 1 is 0.459 bits per heavy atom. The molecule has 19 heteroatoms. The van der Waals surface area contributed by atoms with Crippen molar-refractivity contribution in [1.29, 1.82) is 0 Å². The molecular formula is C42H34Cl6N6O4S2Zn. The maximum Gasteiger partial charge on any atom is 2.00 e. The van der Waals surface area contributed by atoms with Crippen LogP contribution in [0.1, 0.15) is 11.1 Å². The van der Waals surface area contributed by atoms with Gasteiger partial charge in [-0.3, -0.25) is 0 Å². The second-order valence-corrected chi connectivity index (χ2v) is 19.7. The average Bonchev–Trinajstić information content (AvgIpc) is 3.83. The summed E-state index contributed by atoms with van der Waals surface area (Å²) in [5.41, 5.74) is 7.38. The van der Waals surface area contributed by atoms with Crippen LogP contribution in [0.15, 0.2) is 155 Å². The first-order valence-electron chi connectivity index (χ1n) is 17.5. The minimum atomic E-state index is -3.81. The molecule has 0 saturated carbocycles. The molecule has 2 heterocycles. The third-order valence-electron chi connectivity index (χ3n) is 8.17. The Labute approximate surface area is 397 Å². The zero-order valence-electron chi connectivity index (χ0n) is 32.2. The van der Waals surface area contributed by atoms with Gasteiger partial charge in [-0.2, -0.15) is 0 Å². The van der Waals surface area contributed by atoms with E-state index >= 15 is 0 Å². The Hall–Kier alpha value is -3.88. The van der Waals surface area contributed by atoms with Gasteiger partial charge in [0.15, 0.2) is 8.59 Å². The van der Waals surface area contributed by atoms with Gasteiger partial charge in [0, 0.05) is 11.1 Å². The molecule has 0 saturated heterocycles. The summed E-state index contributed by atoms with van der Waals surface area (Å²) < 4.78 is 57.3. The molecule has 6 aromatic carbocycles. The Morgan fingerprint density at radius 3 is 1.08 bits per heavy atom. The van der Waals surface area contributed by atoms with E-state index < -0.39 is 28.6 Å². The van der Waals surface area contributed by atoms with Gasteiger partial charge in [0.05, 0.1) is 31.9 Å². The van der Waals surface area contributed by atoms with Crippen LogP contribution in [0, 0.1) is 13.8 Å². The van der Waals surface area contributed by atoms with E-state index in [0.29, 0.717) is 34.2 Å². The number of aryl methyl sites for hydroxylation is 2. The van der Waals surface area contributed by atoms with Crippen molar-refractivity contribution >= 4 is 123 Å². The molecule has 0 amide bonds. The van der Waals surface area contributed by atoms with Gasteiger partial charge >= 0.3 is 19.5 Å². The summed E-state index contributed by atoms with van der Waals surface area (Å²) in [6, 6.07) is 42.8. The fourth-order valence-electron chi connectivity index (χ4n) is 5.45. The van der Waals surface area contributed by atoms with Gasteiger partial charge in [0.1, 0.15) is 31.7 Å². The molecule has 0 spiro atoms. The number of nitrogens with one attached hydrogen (secondary N) is 2. The molecule has 8 rings (SSSR count). The first kappa shape index (κ1) is 49.8. The summed E-state index contributed by atoms with van der Waals surface area (Å²) >= 11 is 28.8. The minimum absolute atomic E-state index is 0. The number of halogens is 6. The molecule has 2 aromatic heterocycles. The Balaban J connectivity index is 0.000000226. The van der Waals surface area contributed by atoms with Crippen LogP contribution < -0.4 is 0 Å². The van der Waals surface area contributed by atoms with E-state index in [1.54, 1.807) is 84.9 Å². The van der Waals surface area contributed by atoms with Crippen molar-refractivity contribution in [1.82, 2.24) is 19.9 Å². The number of rotatable bonds is 8. The van der Waals surface area contributed by atoms with Crippen LogP contribution in [0.2, 0.25) is 0 Å². The fraction of sp³-hybridized carbons (Fsp3) is 0.0952. The van der Waals surface area contributed by atoms with Crippen LogP contribution in [-0.2, 0) is 39.5 Å². The third kappa shape index (κ3) is 14.6. The number of fused-ring (bicyclic) bond motifs is 2. The number of para-hydroxylation sites is 4. The molecule has 0 unspecified atom stereocenters. The number of hydrogen-bond acceptors (Lipinski definition) is 6. The molecule has 0 aliphatic rings. The Kier molecular flexibility index (Phi) is 18.8. The topological polar surface area (TPSA) is 154 Å². The number of nitrogens with zero attached hydrogens (tertiary/aromatic N) is 4. The SMILES string of the molecule is Cc1ccc(S(=O)(=O)[N-]c2ccccc2-c2nc3ccccc3[nH]2)cc1.Cc1ccc(S(=O)(=O)[N-]c2ccccc2-c2nc3ccccc3[nH]2)cc1.ClC(Cl)Cl.ClC(Cl)Cl.[Zn+2]. The number of aromatic amines is 2. The van der Waals surface area contributed by atoms with Crippen molar-refractivity contribution in [3.8, 4) is 22.8 Å². The molecule has 10 nitrogen and oxygen atoms in total. The van der Waals surface area contributed by atoms with Crippen molar-refractivity contribution in [3.63, 3.8) is 0 Å². The van der Waals surface area contributed by atoms with E-state index in [0.717, 1.165) is 33.2 Å². The molecule has 8 aromatic rings. The molecule has 0 bridgehead atoms. The molecule has 61 heavy (non-hydrogen) atoms. The molecule has 0 atom stereocenters. The quantitative estimate of drug-likeness (QED) is 0.114. The summed E-state index contributed by atoms with van der Waals surface area (Å²) in [6.45, 7) is 3.81. The maximum absolute atomic E-state index is 12.7. The normalized spacial score (nSPS) is 11.0. The van der Waals surface area contributed by atoms with Gasteiger partial charge in [0.2, 0.25) is 0 Å². The summed E-state index contributed by atoms with van der Waals surface area (Å²) in [7, 11) is -7.61. The van der Waals surface area contributed by atoms with Gasteiger partial charge in [0.25, 0.3) is 0 Å². The predicted molar refractivity (Wildman–Crippen MR) is 249 cm³/mol. The summed E-state index contributed by atoms with van der Waals surface area (Å²) in [5, 5.41) is 0. The number of imidazole rings is 2. The van der Waals surface area contributed by atoms with Gasteiger partial charge in [-0.25, -0.2) is 26.8 Å². The zero-order chi connectivity index (χ0) is 43.5. The van der Waals surface area contributed by atoms with Gasteiger partial charge < -0.3 is 19.4 Å². The van der Waals surface area contributed by atoms with Crippen LogP contribution in [-0.4, -0.2) is 45.4 Å². The van der Waals surface area contributed by atoms with Crippen molar-refractivity contribution in [3.05, 3.63) is 166 Å². The third-order valence-corrected chi connectivity index (χ3v) is 10.8. The van der Waals surface area contributed by atoms with Crippen LogP contribution in [0.25, 0.3) is 54.3 Å². The van der Waals surface area contributed by atoms with Crippen LogP contribution in [0.3, 0.4) is 0 Å². The number of sulfonamides is 2. The summed E-state index contributed by atoms with van der Waals surface area (Å²) in [4.78, 5) is 15.9. The molecule has 0 aliphatic carbocycles. The number of alkyl halides is 6. The molecule has 0 fully saturated rings. The average molecular weight is 1030 g/mol. The van der Waals surface area contributed by atoms with Gasteiger partial charge in [-0.05, 0) is 62.4 Å². The minimum Gasteiger partial charge on any atom is -0.572 e. The Bertz CT molecular complexity index is 2610. The van der Waals surface area contributed by atoms with Gasteiger partial charge in [-0.15, -0.1) is 11.4 Å². The van der Waals surface area contributed by atoms with Crippen LogP contribution in [0.4, 0.5) is 11.4 Å². The second kappa shape index (κ2) is 23.0. The number of hydrogen-bond donors (Lipinski definition) is 2. The van der Waals surface area contributed by atoms with E-state index in [4.69, 9.17) is 69.6 Å². The predicted octanol–water partition coefficient (Wildman–Crippen LogP) is 13.8. The number of H-pyrrole nitrogens is 2. The van der Waals surface area contributed by atoms with Crippen molar-refractivity contribution < 1.29 is 36.3 Å². The van der Waals surface area contributed by atoms with Crippen LogP contribution in [0.5, 0.6) is 0 Å². The Morgan fingerprint density at radius 2 is 0.754 bits per heavy atom. The smallest absolute Gasteiger partial charge is 0.572 e. The maximum atomic E-state index is 12.7. The van der Waals surface area contributed by atoms with E-state index in [-0.39, 0.29) is 29.3 Å². The molecular weight excluding hydrogens is 995 g/mol. The first-order valence-corrected chi connectivity index (χ1v) is 23.0. The van der Waals surface area contributed by atoms with Crippen molar-refractivity contribution in [2.45, 2.75) is 32.2 Å². The fourth-order valence-corrected chi connectivity index (χ4v) is 7.46. The van der Waals surface area contributed by atoms with Crippen molar-refractivity contribution in [2.75, 3.05) is 0 Å². The summed E-state index contributed by atoms with van der Waals surface area (Å²) in [6.07, 6.45) is 0. The summed E-state index contributed by atoms with van der Waals surface area (Å²) in [5.74, 6) is 1.18. The second-order valence-electron chi connectivity index (χ2n) is 12.5. The first-order chi connectivity index (χ1) is 28.5. The van der Waals surface area contributed by atoms with E-state index in [1.165, 1.54) is 0 Å². The van der Waals surface area contributed by atoms with Gasteiger partial charge in [-0.1, -0.05) is 178 Å². The van der Waals surface area contributed by atoms with Crippen LogP contribution >= 0.6 is 69.6 Å². The number of aromatic nitrogens is 4. The molecule has 2 N–H and O–H groups in total. The van der Waals surface area contributed by atoms with E-state index in [2.05, 4.69) is 29.4 Å².